The third-order valence-electron chi connectivity index (χ3n) is 3.38. The summed E-state index contributed by atoms with van der Waals surface area (Å²) in [7, 11) is 3.13. The SMILES string of the molecule is CC[C@H](C)NC(=O)CSc1nnc(-c2ccc(OC)c(OC)c2)o1. The molecular formula is C16H21N3O4S. The molecule has 0 aliphatic carbocycles. The van der Waals surface area contributed by atoms with Crippen molar-refractivity contribution in [2.24, 2.45) is 0 Å². The molecule has 0 aliphatic rings. The second kappa shape index (κ2) is 8.58. The molecule has 2 aromatic rings. The third kappa shape index (κ3) is 4.64. The first-order valence-electron chi connectivity index (χ1n) is 7.55. The summed E-state index contributed by atoms with van der Waals surface area (Å²) in [5.74, 6) is 1.74. The van der Waals surface area contributed by atoms with Crippen LogP contribution in [0.1, 0.15) is 20.3 Å². The lowest BCUT2D eigenvalue weighted by Gasteiger charge is -2.09. The fourth-order valence-electron chi connectivity index (χ4n) is 1.90. The van der Waals surface area contributed by atoms with E-state index in [4.69, 9.17) is 13.9 Å². The molecule has 1 heterocycles. The Hall–Kier alpha value is -2.22. The van der Waals surface area contributed by atoms with E-state index in [1.54, 1.807) is 32.4 Å². The number of nitrogens with zero attached hydrogens (tertiary/aromatic N) is 2. The van der Waals surface area contributed by atoms with Gasteiger partial charge in [0.05, 0.1) is 20.0 Å². The van der Waals surface area contributed by atoms with Gasteiger partial charge in [-0.25, -0.2) is 0 Å². The fourth-order valence-corrected chi connectivity index (χ4v) is 2.47. The number of nitrogens with one attached hydrogen (secondary N) is 1. The molecule has 24 heavy (non-hydrogen) atoms. The highest BCUT2D eigenvalue weighted by Crippen LogP contribution is 2.32. The number of carbonyl (C=O) groups is 1. The molecule has 130 valence electrons. The molecule has 1 aromatic carbocycles. The van der Waals surface area contributed by atoms with Crippen LogP contribution in [0.25, 0.3) is 11.5 Å². The Morgan fingerprint density at radius 3 is 2.71 bits per heavy atom. The molecule has 1 amide bonds. The maximum Gasteiger partial charge on any atom is 0.277 e. The molecule has 7 nitrogen and oxygen atoms in total. The van der Waals surface area contributed by atoms with Crippen LogP contribution in [0.4, 0.5) is 0 Å². The van der Waals surface area contributed by atoms with E-state index in [1.807, 2.05) is 13.8 Å². The zero-order valence-electron chi connectivity index (χ0n) is 14.2. The van der Waals surface area contributed by atoms with Gasteiger partial charge in [0.25, 0.3) is 5.22 Å². The second-order valence-corrected chi connectivity index (χ2v) is 6.03. The van der Waals surface area contributed by atoms with Gasteiger partial charge in [-0.3, -0.25) is 4.79 Å². The summed E-state index contributed by atoms with van der Waals surface area (Å²) in [4.78, 5) is 11.8. The van der Waals surface area contributed by atoms with E-state index in [9.17, 15) is 4.79 Å². The van der Waals surface area contributed by atoms with Crippen molar-refractivity contribution >= 4 is 17.7 Å². The number of hydrogen-bond donors (Lipinski definition) is 1. The molecule has 2 rings (SSSR count). The molecule has 0 radical (unpaired) electrons. The van der Waals surface area contributed by atoms with Crippen molar-refractivity contribution in [3.8, 4) is 23.0 Å². The van der Waals surface area contributed by atoms with Gasteiger partial charge in [0.15, 0.2) is 11.5 Å². The van der Waals surface area contributed by atoms with Crippen LogP contribution in [0.15, 0.2) is 27.8 Å². The fraction of sp³-hybridized carbons (Fsp3) is 0.438. The van der Waals surface area contributed by atoms with Crippen LogP contribution in [0, 0.1) is 0 Å². The maximum atomic E-state index is 11.8. The van der Waals surface area contributed by atoms with E-state index in [-0.39, 0.29) is 17.7 Å². The first kappa shape index (κ1) is 18.1. The molecule has 1 N–H and O–H groups in total. The minimum atomic E-state index is -0.0554. The Bertz CT molecular complexity index is 690. The summed E-state index contributed by atoms with van der Waals surface area (Å²) in [6.45, 7) is 3.98. The van der Waals surface area contributed by atoms with Crippen molar-refractivity contribution in [1.29, 1.82) is 0 Å². The molecule has 0 bridgehead atoms. The number of benzene rings is 1. The number of ether oxygens (including phenoxy) is 2. The predicted octanol–water partition coefficient (Wildman–Crippen LogP) is 2.76. The average molecular weight is 351 g/mol. The van der Waals surface area contributed by atoms with Gasteiger partial charge in [-0.15, -0.1) is 10.2 Å². The Labute approximate surface area is 145 Å². The molecule has 0 spiro atoms. The van der Waals surface area contributed by atoms with Crippen molar-refractivity contribution in [2.75, 3.05) is 20.0 Å². The highest BCUT2D eigenvalue weighted by molar-refractivity contribution is 7.99. The number of rotatable bonds is 8. The Morgan fingerprint density at radius 2 is 2.04 bits per heavy atom. The molecule has 0 aliphatic heterocycles. The summed E-state index contributed by atoms with van der Waals surface area (Å²) in [6.07, 6.45) is 0.889. The van der Waals surface area contributed by atoms with Crippen molar-refractivity contribution < 1.29 is 18.7 Å². The summed E-state index contributed by atoms with van der Waals surface area (Å²) in [6, 6.07) is 5.49. The van der Waals surface area contributed by atoms with Crippen molar-refractivity contribution in [1.82, 2.24) is 15.5 Å². The highest BCUT2D eigenvalue weighted by Gasteiger charge is 2.14. The van der Waals surface area contributed by atoms with Crippen LogP contribution in [0.2, 0.25) is 0 Å². The van der Waals surface area contributed by atoms with E-state index in [0.717, 1.165) is 12.0 Å². The topological polar surface area (TPSA) is 86.5 Å². The summed E-state index contributed by atoms with van der Waals surface area (Å²) in [5.41, 5.74) is 0.719. The monoisotopic (exact) mass is 351 g/mol. The van der Waals surface area contributed by atoms with Crippen molar-refractivity contribution in [3.63, 3.8) is 0 Å². The summed E-state index contributed by atoms with van der Waals surface area (Å²) in [5, 5.41) is 11.2. The largest absolute Gasteiger partial charge is 0.493 e. The lowest BCUT2D eigenvalue weighted by molar-refractivity contribution is -0.119. The first-order chi connectivity index (χ1) is 11.6. The Balaban J connectivity index is 2.01. The molecule has 0 unspecified atom stereocenters. The predicted molar refractivity (Wildman–Crippen MR) is 91.5 cm³/mol. The van der Waals surface area contributed by atoms with Gasteiger partial charge >= 0.3 is 0 Å². The number of thioether (sulfide) groups is 1. The van der Waals surface area contributed by atoms with Crippen LogP contribution in [-0.2, 0) is 4.79 Å². The smallest absolute Gasteiger partial charge is 0.277 e. The second-order valence-electron chi connectivity index (χ2n) is 5.11. The molecule has 1 atom stereocenters. The van der Waals surface area contributed by atoms with Gasteiger partial charge in [0, 0.05) is 11.6 Å². The van der Waals surface area contributed by atoms with E-state index in [1.165, 1.54) is 11.8 Å². The summed E-state index contributed by atoms with van der Waals surface area (Å²) < 4.78 is 16.0. The first-order valence-corrected chi connectivity index (χ1v) is 8.54. The number of carbonyl (C=O) groups excluding carboxylic acids is 1. The minimum absolute atomic E-state index is 0.0554. The Morgan fingerprint density at radius 1 is 1.29 bits per heavy atom. The average Bonchev–Trinajstić information content (AvgIpc) is 3.08. The Kier molecular flexibility index (Phi) is 6.48. The van der Waals surface area contributed by atoms with Crippen LogP contribution >= 0.6 is 11.8 Å². The molecule has 1 aromatic heterocycles. The number of methoxy groups -OCH3 is 2. The van der Waals surface area contributed by atoms with Crippen LogP contribution in [-0.4, -0.2) is 42.1 Å². The van der Waals surface area contributed by atoms with Gasteiger partial charge in [0.1, 0.15) is 0 Å². The molecule has 0 saturated carbocycles. The van der Waals surface area contributed by atoms with Gasteiger partial charge in [0.2, 0.25) is 11.8 Å². The van der Waals surface area contributed by atoms with E-state index < -0.39 is 0 Å². The van der Waals surface area contributed by atoms with Gasteiger partial charge in [-0.05, 0) is 31.5 Å². The zero-order chi connectivity index (χ0) is 17.5. The molecule has 0 fully saturated rings. The molecule has 8 heteroatoms. The lowest BCUT2D eigenvalue weighted by atomic mass is 10.2. The molecule has 0 saturated heterocycles. The van der Waals surface area contributed by atoms with Crippen LogP contribution in [0.3, 0.4) is 0 Å². The zero-order valence-corrected chi connectivity index (χ0v) is 15.0. The normalized spacial score (nSPS) is 11.8. The standard InChI is InChI=1S/C16H21N3O4S/c1-5-10(2)17-14(20)9-24-16-19-18-15(23-16)11-6-7-12(21-3)13(8-11)22-4/h6-8,10H,5,9H2,1-4H3,(H,17,20)/t10-/m0/s1. The quantitative estimate of drug-likeness (QED) is 0.732. The van der Waals surface area contributed by atoms with Crippen LogP contribution < -0.4 is 14.8 Å². The van der Waals surface area contributed by atoms with Crippen molar-refractivity contribution in [2.45, 2.75) is 31.5 Å². The van der Waals surface area contributed by atoms with E-state index in [0.29, 0.717) is 22.6 Å². The van der Waals surface area contributed by atoms with Crippen molar-refractivity contribution in [3.05, 3.63) is 18.2 Å². The van der Waals surface area contributed by atoms with Gasteiger partial charge < -0.3 is 19.2 Å². The number of amides is 1. The van der Waals surface area contributed by atoms with Crippen LogP contribution in [0.5, 0.6) is 11.5 Å². The molecular weight excluding hydrogens is 330 g/mol. The summed E-state index contributed by atoms with van der Waals surface area (Å²) >= 11 is 1.21. The minimum Gasteiger partial charge on any atom is -0.493 e. The number of hydrogen-bond acceptors (Lipinski definition) is 7. The maximum absolute atomic E-state index is 11.8. The van der Waals surface area contributed by atoms with E-state index in [2.05, 4.69) is 15.5 Å². The third-order valence-corrected chi connectivity index (χ3v) is 4.20. The van der Waals surface area contributed by atoms with Gasteiger partial charge in [-0.2, -0.15) is 0 Å². The number of aromatic nitrogens is 2. The lowest BCUT2D eigenvalue weighted by Crippen LogP contribution is -2.33. The van der Waals surface area contributed by atoms with Gasteiger partial charge in [-0.1, -0.05) is 18.7 Å². The highest BCUT2D eigenvalue weighted by atomic mass is 32.2. The van der Waals surface area contributed by atoms with E-state index >= 15 is 0 Å².